The highest BCUT2D eigenvalue weighted by Crippen LogP contribution is 2.23. The largest absolute Gasteiger partial charge is 0.369 e. The Balaban J connectivity index is 0.00000312. The van der Waals surface area contributed by atoms with Crippen LogP contribution in [0.3, 0.4) is 0 Å². The molecule has 0 aliphatic carbocycles. The molecule has 0 aromatic heterocycles. The zero-order chi connectivity index (χ0) is 17.7. The van der Waals surface area contributed by atoms with E-state index in [1.54, 1.807) is 0 Å². The molecule has 2 rings (SSSR count). The van der Waals surface area contributed by atoms with Crippen molar-refractivity contribution in [2.45, 2.75) is 32.4 Å². The maximum Gasteiger partial charge on any atom is 0.239 e. The van der Waals surface area contributed by atoms with E-state index in [0.717, 1.165) is 25.2 Å². The number of rotatable bonds is 6. The molecule has 4 N–H and O–H groups in total. The standard InChI is InChI=1S/C17H25ClN4O2.2ClH/c1-11(2)16(19)17(24)20-9-15(23)21-13-6-7-22(10-13)14-5-3-4-12(18)8-14;;/h3-5,8,11,13,16H,6-7,9-10,19H2,1-2H3,(H,20,24)(H,21,23);2*1H/t13?,16-;;/m0../s1. The van der Waals surface area contributed by atoms with Gasteiger partial charge in [-0.2, -0.15) is 0 Å². The summed E-state index contributed by atoms with van der Waals surface area (Å²) in [4.78, 5) is 25.9. The number of anilines is 1. The van der Waals surface area contributed by atoms with Gasteiger partial charge in [0.15, 0.2) is 0 Å². The molecular formula is C17H27Cl3N4O2. The first kappa shape index (κ1) is 24.8. The van der Waals surface area contributed by atoms with Crippen molar-refractivity contribution >= 4 is 53.9 Å². The summed E-state index contributed by atoms with van der Waals surface area (Å²) in [5.74, 6) is -0.460. The molecular weight excluding hydrogens is 399 g/mol. The number of carbonyl (C=O) groups excluding carboxylic acids is 2. The van der Waals surface area contributed by atoms with E-state index in [4.69, 9.17) is 17.3 Å². The maximum atomic E-state index is 12.0. The number of carbonyl (C=O) groups is 2. The minimum absolute atomic E-state index is 0. The van der Waals surface area contributed by atoms with Gasteiger partial charge in [0.25, 0.3) is 0 Å². The third kappa shape index (κ3) is 7.19. The predicted octanol–water partition coefficient (Wildman–Crippen LogP) is 1.98. The van der Waals surface area contributed by atoms with E-state index in [9.17, 15) is 9.59 Å². The van der Waals surface area contributed by atoms with Crippen LogP contribution in [0.15, 0.2) is 24.3 Å². The van der Waals surface area contributed by atoms with Crippen molar-refractivity contribution in [1.29, 1.82) is 0 Å². The average Bonchev–Trinajstić information content (AvgIpc) is 3.00. The Morgan fingerprint density at radius 2 is 2.04 bits per heavy atom. The minimum atomic E-state index is -0.595. The van der Waals surface area contributed by atoms with Crippen LogP contribution in [0.4, 0.5) is 5.69 Å². The lowest BCUT2D eigenvalue weighted by Gasteiger charge is -2.19. The molecule has 0 radical (unpaired) electrons. The van der Waals surface area contributed by atoms with Crippen molar-refractivity contribution in [3.05, 3.63) is 29.3 Å². The van der Waals surface area contributed by atoms with Gasteiger partial charge in [-0.25, -0.2) is 0 Å². The van der Waals surface area contributed by atoms with Gasteiger partial charge in [0.1, 0.15) is 0 Å². The molecule has 6 nitrogen and oxygen atoms in total. The predicted molar refractivity (Wildman–Crippen MR) is 111 cm³/mol. The quantitative estimate of drug-likeness (QED) is 0.650. The number of benzene rings is 1. The van der Waals surface area contributed by atoms with E-state index in [1.807, 2.05) is 38.1 Å². The molecule has 9 heteroatoms. The molecule has 1 unspecified atom stereocenters. The minimum Gasteiger partial charge on any atom is -0.369 e. The molecule has 2 amide bonds. The normalized spacial score (nSPS) is 17.1. The average molecular weight is 426 g/mol. The SMILES string of the molecule is CC(C)[C@H](N)C(=O)NCC(=O)NC1CCN(c2cccc(Cl)c2)C1.Cl.Cl. The Hall–Kier alpha value is -1.21. The van der Waals surface area contributed by atoms with Gasteiger partial charge < -0.3 is 21.3 Å². The molecule has 0 saturated carbocycles. The molecule has 0 bridgehead atoms. The van der Waals surface area contributed by atoms with Crippen molar-refractivity contribution in [2.24, 2.45) is 11.7 Å². The van der Waals surface area contributed by atoms with Crippen LogP contribution in [0.5, 0.6) is 0 Å². The van der Waals surface area contributed by atoms with Crippen molar-refractivity contribution in [1.82, 2.24) is 10.6 Å². The number of nitrogens with one attached hydrogen (secondary N) is 2. The van der Waals surface area contributed by atoms with Gasteiger partial charge in [-0.1, -0.05) is 31.5 Å². The molecule has 2 atom stereocenters. The molecule has 0 spiro atoms. The van der Waals surface area contributed by atoms with Crippen molar-refractivity contribution in [2.75, 3.05) is 24.5 Å². The molecule has 1 aliphatic rings. The van der Waals surface area contributed by atoms with Crippen LogP contribution >= 0.6 is 36.4 Å². The molecule has 26 heavy (non-hydrogen) atoms. The van der Waals surface area contributed by atoms with Crippen LogP contribution < -0.4 is 21.3 Å². The van der Waals surface area contributed by atoms with Gasteiger partial charge in [0, 0.05) is 29.8 Å². The smallest absolute Gasteiger partial charge is 0.239 e. The van der Waals surface area contributed by atoms with Gasteiger partial charge in [-0.15, -0.1) is 24.8 Å². The lowest BCUT2D eigenvalue weighted by atomic mass is 10.1. The number of nitrogens with two attached hydrogens (primary N) is 1. The Bertz CT molecular complexity index is 601. The second kappa shape index (κ2) is 11.5. The number of hydrogen-bond donors (Lipinski definition) is 3. The number of halogens is 3. The summed E-state index contributed by atoms with van der Waals surface area (Å²) in [6.07, 6.45) is 0.859. The fourth-order valence-electron chi connectivity index (χ4n) is 2.65. The van der Waals surface area contributed by atoms with E-state index in [-0.39, 0.29) is 55.1 Å². The fourth-order valence-corrected chi connectivity index (χ4v) is 2.84. The van der Waals surface area contributed by atoms with E-state index < -0.39 is 6.04 Å². The van der Waals surface area contributed by atoms with Crippen LogP contribution in [0.2, 0.25) is 5.02 Å². The highest BCUT2D eigenvalue weighted by Gasteiger charge is 2.24. The molecule has 1 aromatic rings. The van der Waals surface area contributed by atoms with E-state index >= 15 is 0 Å². The number of hydrogen-bond acceptors (Lipinski definition) is 4. The van der Waals surface area contributed by atoms with Gasteiger partial charge >= 0.3 is 0 Å². The maximum absolute atomic E-state index is 12.0. The molecule has 1 fully saturated rings. The summed E-state index contributed by atoms with van der Waals surface area (Å²) in [6, 6.07) is 7.14. The summed E-state index contributed by atoms with van der Waals surface area (Å²) < 4.78 is 0. The summed E-state index contributed by atoms with van der Waals surface area (Å²) in [7, 11) is 0. The van der Waals surface area contributed by atoms with E-state index in [1.165, 1.54) is 0 Å². The monoisotopic (exact) mass is 424 g/mol. The lowest BCUT2D eigenvalue weighted by molar-refractivity contribution is -0.127. The first-order valence-corrected chi connectivity index (χ1v) is 8.57. The summed E-state index contributed by atoms with van der Waals surface area (Å²) >= 11 is 6.02. The third-order valence-corrected chi connectivity index (χ3v) is 4.41. The van der Waals surface area contributed by atoms with Crippen molar-refractivity contribution < 1.29 is 9.59 Å². The molecule has 1 aromatic carbocycles. The first-order valence-electron chi connectivity index (χ1n) is 8.20. The Morgan fingerprint density at radius 1 is 1.35 bits per heavy atom. The van der Waals surface area contributed by atoms with Gasteiger partial charge in [0.2, 0.25) is 11.8 Å². The van der Waals surface area contributed by atoms with Gasteiger partial charge in [-0.05, 0) is 30.5 Å². The first-order chi connectivity index (χ1) is 11.4. The summed E-state index contributed by atoms with van der Waals surface area (Å²) in [5.41, 5.74) is 6.79. The lowest BCUT2D eigenvalue weighted by Crippen LogP contribution is -2.48. The summed E-state index contributed by atoms with van der Waals surface area (Å²) in [5, 5.41) is 6.23. The second-order valence-electron chi connectivity index (χ2n) is 6.47. The van der Waals surface area contributed by atoms with Gasteiger partial charge in [-0.3, -0.25) is 9.59 Å². The Morgan fingerprint density at radius 3 is 2.65 bits per heavy atom. The number of nitrogens with zero attached hydrogens (tertiary/aromatic N) is 1. The zero-order valence-electron chi connectivity index (χ0n) is 14.9. The highest BCUT2D eigenvalue weighted by molar-refractivity contribution is 6.30. The van der Waals surface area contributed by atoms with Crippen LogP contribution in [0.1, 0.15) is 20.3 Å². The Labute approximate surface area is 172 Å². The third-order valence-electron chi connectivity index (χ3n) is 4.17. The fraction of sp³-hybridized carbons (Fsp3) is 0.529. The molecule has 1 aliphatic heterocycles. The molecule has 1 saturated heterocycles. The molecule has 148 valence electrons. The van der Waals surface area contributed by atoms with E-state index in [2.05, 4.69) is 15.5 Å². The van der Waals surface area contributed by atoms with E-state index in [0.29, 0.717) is 5.02 Å². The molecule has 1 heterocycles. The van der Waals surface area contributed by atoms with Crippen LogP contribution in [-0.2, 0) is 9.59 Å². The van der Waals surface area contributed by atoms with Gasteiger partial charge in [0.05, 0.1) is 12.6 Å². The van der Waals surface area contributed by atoms with Crippen LogP contribution in [-0.4, -0.2) is 43.5 Å². The second-order valence-corrected chi connectivity index (χ2v) is 6.90. The van der Waals surface area contributed by atoms with Crippen LogP contribution in [0, 0.1) is 5.92 Å². The van der Waals surface area contributed by atoms with Crippen LogP contribution in [0.25, 0.3) is 0 Å². The topological polar surface area (TPSA) is 87.5 Å². The van der Waals surface area contributed by atoms with Crippen molar-refractivity contribution in [3.63, 3.8) is 0 Å². The Kier molecular flexibility index (Phi) is 11.0. The summed E-state index contributed by atoms with van der Waals surface area (Å²) in [6.45, 7) is 5.27. The zero-order valence-corrected chi connectivity index (χ0v) is 17.3. The highest BCUT2D eigenvalue weighted by atomic mass is 35.5. The number of amides is 2. The van der Waals surface area contributed by atoms with Crippen molar-refractivity contribution in [3.8, 4) is 0 Å².